The molecule has 0 spiro atoms. The monoisotopic (exact) mass is 1930 g/mol. The molecule has 0 bridgehead atoms. The molecule has 4 amide bonds. The standard InChI is InChI=1S/2C27H23N9O.2C26H21N9O/c1-15(2)7-23(37)32-19-8-17(10-29-12-19)18-9-20-25(35-36-26(20)31-11-18)27-33-22-14-30-13-21(24(22)34-27)16-3-5-28-6-4-16;1-15(2)7-23(37)32-18-8-16(10-28-12-18)17-9-19-25(35-36-26(19)31-11-17)27-33-22-14-29-13-20(24(22)34-27)21-5-3-4-6-30-21;1-14(2)26(36)31-18-7-16(9-28-11-18)17-8-19-23(34-35-24(19)30-10-17)25-32-21-13-29-12-20(22(21)33-25)15-3-5-27-6-4-15;1-14(2)26(36)31-17-7-15(9-27-11-17)16-8-18-23(34-35-24(18)30-10-16)25-32-21-13-28-12-19(22(21)33-25)20-5-3-4-6-29-20/h2*3-6,8-15H,7H2,1-2H3,(H,32,37)(H,33,34)(H,31,35,36);2*3-14H,1-2H3,(H,31,36)(H,32,33)(H,30,34,35). The highest BCUT2D eigenvalue weighted by molar-refractivity contribution is 6.04. The molecule has 0 radical (unpaired) electrons. The predicted octanol–water partition coefficient (Wildman–Crippen LogP) is 19.2. The van der Waals surface area contributed by atoms with E-state index in [4.69, 9.17) is 19.9 Å². The number of amides is 4. The van der Waals surface area contributed by atoms with Crippen LogP contribution in [0.15, 0.2) is 270 Å². The summed E-state index contributed by atoms with van der Waals surface area (Å²) in [6.07, 6.45) is 45.9. The Kier molecular flexibility index (Phi) is 25.6. The molecule has 24 aromatic heterocycles. The zero-order chi connectivity index (χ0) is 100. The summed E-state index contributed by atoms with van der Waals surface area (Å²) in [5.74, 6) is 2.59. The highest BCUT2D eigenvalue weighted by Gasteiger charge is 2.25. The van der Waals surface area contributed by atoms with E-state index in [2.05, 4.69) is 162 Å². The summed E-state index contributed by atoms with van der Waals surface area (Å²) in [5, 5.41) is 44.6. The van der Waals surface area contributed by atoms with E-state index >= 15 is 0 Å². The molecular formula is C106H88N36O4. The minimum Gasteiger partial charge on any atom is -0.335 e. The van der Waals surface area contributed by atoms with Crippen LogP contribution in [0.25, 0.3) is 224 Å². The van der Waals surface area contributed by atoms with Gasteiger partial charge in [-0.05, 0) is 120 Å². The lowest BCUT2D eigenvalue weighted by Crippen LogP contribution is -2.17. The molecule has 0 unspecified atom stereocenters. The normalized spacial score (nSPS) is 11.4. The van der Waals surface area contributed by atoms with Gasteiger partial charge in [-0.15, -0.1) is 0 Å². The Morgan fingerprint density at radius 2 is 0.541 bits per heavy atom. The summed E-state index contributed by atoms with van der Waals surface area (Å²) >= 11 is 0. The van der Waals surface area contributed by atoms with Crippen LogP contribution in [-0.4, -0.2) is 184 Å². The molecule has 716 valence electrons. The number of carbonyl (C=O) groups is 4. The summed E-state index contributed by atoms with van der Waals surface area (Å²) in [6.45, 7) is 15.4. The number of anilines is 4. The Bertz CT molecular complexity index is 8460. The van der Waals surface area contributed by atoms with Crippen LogP contribution in [0, 0.1) is 23.7 Å². The molecule has 0 aliphatic carbocycles. The SMILES string of the molecule is CC(C)C(=O)Nc1cncc(-c2cnc3n[nH]c(-c4nc5c(-c6ccccn6)cncc5[nH]4)c3c2)c1.CC(C)C(=O)Nc1cncc(-c2cnc3n[nH]c(-c4nc5c(-c6ccncc6)cncc5[nH]4)c3c2)c1.CC(C)CC(=O)Nc1cncc(-c2cnc3n[nH]c(-c4nc5c(-c6ccccn6)cncc5[nH]4)c3c2)c1.CC(C)CC(=O)Nc1cncc(-c2cnc3n[nH]c(-c4nc5c(-c6ccncc6)cncc5[nH]4)c3c2)c1. The number of aromatic amines is 8. The molecule has 24 aromatic rings. The van der Waals surface area contributed by atoms with Crippen molar-refractivity contribution in [2.24, 2.45) is 23.7 Å². The highest BCUT2D eigenvalue weighted by Crippen LogP contribution is 2.40. The topological polar surface area (TPSA) is 552 Å². The first-order chi connectivity index (χ1) is 71.2. The molecule has 0 saturated carbocycles. The second kappa shape index (κ2) is 40.5. The number of hydrogen-bond acceptors (Lipinski definition) is 28. The fraction of sp³-hybridized carbons (Fsp3) is 0.132. The number of hydrogen-bond donors (Lipinski definition) is 12. The maximum Gasteiger partial charge on any atom is 0.226 e. The van der Waals surface area contributed by atoms with Gasteiger partial charge < -0.3 is 41.2 Å². The van der Waals surface area contributed by atoms with Crippen molar-refractivity contribution in [2.75, 3.05) is 21.3 Å². The summed E-state index contributed by atoms with van der Waals surface area (Å²) in [4.78, 5) is 151. The minimum absolute atomic E-state index is 0.0369. The van der Waals surface area contributed by atoms with Crippen LogP contribution in [0.4, 0.5) is 22.7 Å². The Morgan fingerprint density at radius 1 is 0.267 bits per heavy atom. The summed E-state index contributed by atoms with van der Waals surface area (Å²) in [6, 6.07) is 34.7. The average molecular weight is 1930 g/mol. The zero-order valence-electron chi connectivity index (χ0n) is 79.5. The molecule has 0 aliphatic heterocycles. The first kappa shape index (κ1) is 92.4. The van der Waals surface area contributed by atoms with Crippen molar-refractivity contribution in [2.45, 2.75) is 68.2 Å². The fourth-order valence-corrected chi connectivity index (χ4v) is 16.5. The van der Waals surface area contributed by atoms with E-state index < -0.39 is 0 Å². The average Bonchev–Trinajstić information content (AvgIpc) is 1.63. The van der Waals surface area contributed by atoms with Gasteiger partial charge in [0, 0.05) is 203 Å². The maximum atomic E-state index is 12.2. The molecule has 12 N–H and O–H groups in total. The molecule has 146 heavy (non-hydrogen) atoms. The van der Waals surface area contributed by atoms with Crippen LogP contribution >= 0.6 is 0 Å². The van der Waals surface area contributed by atoms with Crippen LogP contribution in [0.1, 0.15) is 68.2 Å². The number of rotatable bonds is 22. The van der Waals surface area contributed by atoms with Crippen LogP contribution < -0.4 is 21.3 Å². The Morgan fingerprint density at radius 3 is 0.822 bits per heavy atom. The molecule has 0 aromatic carbocycles. The quantitative estimate of drug-likeness (QED) is 0.0300. The van der Waals surface area contributed by atoms with Crippen molar-refractivity contribution >= 4 is 135 Å². The molecular weight excluding hydrogens is 1840 g/mol. The van der Waals surface area contributed by atoms with E-state index in [-0.39, 0.29) is 47.3 Å². The van der Waals surface area contributed by atoms with Gasteiger partial charge in [0.2, 0.25) is 23.6 Å². The number of H-pyrrole nitrogens is 8. The lowest BCUT2D eigenvalue weighted by molar-refractivity contribution is -0.119. The second-order valence-corrected chi connectivity index (χ2v) is 35.8. The van der Waals surface area contributed by atoms with Crippen molar-refractivity contribution in [3.8, 4) is 135 Å². The Hall–Kier alpha value is -20.0. The van der Waals surface area contributed by atoms with E-state index in [1.165, 1.54) is 0 Å². The summed E-state index contributed by atoms with van der Waals surface area (Å²) < 4.78 is 0. The summed E-state index contributed by atoms with van der Waals surface area (Å²) in [7, 11) is 0. The first-order valence-corrected chi connectivity index (χ1v) is 46.6. The number of nitrogens with zero attached hydrogens (tertiary/aromatic N) is 24. The Labute approximate surface area is 828 Å². The lowest BCUT2D eigenvalue weighted by Gasteiger charge is -2.09. The van der Waals surface area contributed by atoms with Gasteiger partial charge in [0.15, 0.2) is 45.9 Å². The summed E-state index contributed by atoms with van der Waals surface area (Å²) in [5.41, 5.74) is 27.7. The molecule has 0 fully saturated rings. The van der Waals surface area contributed by atoms with Crippen molar-refractivity contribution in [1.82, 2.24) is 160 Å². The number of imidazole rings is 4. The Balaban J connectivity index is 0.000000114. The van der Waals surface area contributed by atoms with E-state index in [0.29, 0.717) is 98.6 Å². The van der Waals surface area contributed by atoms with E-state index in [1.54, 1.807) is 161 Å². The van der Waals surface area contributed by atoms with E-state index in [0.717, 1.165) is 161 Å². The van der Waals surface area contributed by atoms with Crippen molar-refractivity contribution in [3.05, 3.63) is 270 Å². The van der Waals surface area contributed by atoms with E-state index in [1.807, 2.05) is 165 Å². The third kappa shape index (κ3) is 19.8. The molecule has 0 saturated heterocycles. The van der Waals surface area contributed by atoms with Gasteiger partial charge >= 0.3 is 0 Å². The first-order valence-electron chi connectivity index (χ1n) is 46.6. The fourth-order valence-electron chi connectivity index (χ4n) is 16.5. The highest BCUT2D eigenvalue weighted by atomic mass is 16.2. The smallest absolute Gasteiger partial charge is 0.226 e. The van der Waals surface area contributed by atoms with E-state index in [9.17, 15) is 19.2 Å². The minimum atomic E-state index is -0.127. The number of aromatic nitrogens is 32. The predicted molar refractivity (Wildman–Crippen MR) is 556 cm³/mol. The largest absolute Gasteiger partial charge is 0.335 e. The number of carbonyl (C=O) groups excluding carboxylic acids is 4. The van der Waals surface area contributed by atoms with Crippen molar-refractivity contribution in [3.63, 3.8) is 0 Å². The van der Waals surface area contributed by atoms with Crippen LogP contribution in [0.5, 0.6) is 0 Å². The number of nitrogens with one attached hydrogen (secondary N) is 12. The van der Waals surface area contributed by atoms with Crippen LogP contribution in [0.3, 0.4) is 0 Å². The van der Waals surface area contributed by atoms with Crippen molar-refractivity contribution < 1.29 is 19.2 Å². The molecule has 24 rings (SSSR count). The van der Waals surface area contributed by atoms with Gasteiger partial charge in [-0.1, -0.05) is 67.5 Å². The van der Waals surface area contributed by atoms with Crippen LogP contribution in [0.2, 0.25) is 0 Å². The number of pyridine rings is 16. The number of fused-ring (bicyclic) bond motifs is 8. The second-order valence-electron chi connectivity index (χ2n) is 35.8. The van der Waals surface area contributed by atoms with Crippen molar-refractivity contribution in [1.29, 1.82) is 0 Å². The van der Waals surface area contributed by atoms with Gasteiger partial charge in [-0.2, -0.15) is 20.4 Å². The van der Waals surface area contributed by atoms with Gasteiger partial charge in [0.05, 0.1) is 138 Å². The molecule has 0 aliphatic rings. The molecule has 0 atom stereocenters. The third-order valence-electron chi connectivity index (χ3n) is 23.7. The van der Waals surface area contributed by atoms with Gasteiger partial charge in [-0.3, -0.25) is 99.4 Å². The van der Waals surface area contributed by atoms with Crippen LogP contribution in [-0.2, 0) is 19.2 Å². The van der Waals surface area contributed by atoms with Gasteiger partial charge in [-0.25, -0.2) is 39.9 Å². The molecule has 24 heterocycles. The maximum absolute atomic E-state index is 12.2. The molecule has 40 heteroatoms. The van der Waals surface area contributed by atoms with Gasteiger partial charge in [0.1, 0.15) is 33.8 Å². The third-order valence-corrected chi connectivity index (χ3v) is 23.7. The molecule has 40 nitrogen and oxygen atoms in total. The zero-order valence-corrected chi connectivity index (χ0v) is 79.5. The lowest BCUT2D eigenvalue weighted by atomic mass is 10.1. The van der Waals surface area contributed by atoms with Gasteiger partial charge in [0.25, 0.3) is 0 Å².